The van der Waals surface area contributed by atoms with Gasteiger partial charge in [-0.05, 0) is 56.6 Å². The van der Waals surface area contributed by atoms with E-state index in [1.807, 2.05) is 6.07 Å². The molecule has 6 rings (SSSR count). The van der Waals surface area contributed by atoms with Gasteiger partial charge in [0.15, 0.2) is 17.1 Å². The van der Waals surface area contributed by atoms with Crippen molar-refractivity contribution in [2.75, 3.05) is 16.0 Å². The molecule has 196 valence electrons. The number of halogens is 1. The number of ketones is 1. The first-order valence-electron chi connectivity index (χ1n) is 12.9. The van der Waals surface area contributed by atoms with Crippen LogP contribution in [-0.4, -0.2) is 53.6 Å². The summed E-state index contributed by atoms with van der Waals surface area (Å²) in [4.78, 5) is 34.0. The van der Waals surface area contributed by atoms with E-state index < -0.39 is 0 Å². The number of Topliss-reactive ketones (excluding diaryl/α,β-unsaturated/α-hetero) is 1. The van der Waals surface area contributed by atoms with Crippen LogP contribution >= 0.6 is 11.6 Å². The van der Waals surface area contributed by atoms with Crippen molar-refractivity contribution in [2.24, 2.45) is 5.92 Å². The third kappa shape index (κ3) is 5.47. The summed E-state index contributed by atoms with van der Waals surface area (Å²) in [6, 6.07) is 5.87. The quantitative estimate of drug-likeness (QED) is 0.181. The minimum absolute atomic E-state index is 0.137. The highest BCUT2D eigenvalue weighted by atomic mass is 35.5. The number of aromatic amines is 1. The summed E-state index contributed by atoms with van der Waals surface area (Å²) in [6.07, 6.45) is 12.9. The fraction of sp³-hybridized carbons (Fsp3) is 0.385. The van der Waals surface area contributed by atoms with Gasteiger partial charge in [-0.25, -0.2) is 14.5 Å². The molecular formula is C26H28ClN9O2. The Morgan fingerprint density at radius 2 is 1.82 bits per heavy atom. The Balaban J connectivity index is 1.17. The molecule has 0 unspecified atom stereocenters. The molecule has 2 saturated carbocycles. The van der Waals surface area contributed by atoms with Crippen molar-refractivity contribution in [3.8, 4) is 0 Å². The van der Waals surface area contributed by atoms with Gasteiger partial charge in [-0.3, -0.25) is 14.7 Å². The van der Waals surface area contributed by atoms with E-state index in [-0.39, 0.29) is 17.7 Å². The molecule has 4 heterocycles. The Morgan fingerprint density at radius 3 is 2.55 bits per heavy atom. The zero-order valence-electron chi connectivity index (χ0n) is 20.7. The smallest absolute Gasteiger partial charge is 0.276 e. The first-order chi connectivity index (χ1) is 18.5. The minimum atomic E-state index is -0.343. The van der Waals surface area contributed by atoms with Gasteiger partial charge in [0.1, 0.15) is 11.0 Å². The molecule has 2 fully saturated rings. The Bertz CT molecular complexity index is 1460. The van der Waals surface area contributed by atoms with E-state index in [0.29, 0.717) is 51.9 Å². The van der Waals surface area contributed by atoms with Crippen LogP contribution in [0.4, 0.5) is 17.2 Å². The van der Waals surface area contributed by atoms with Crippen LogP contribution < -0.4 is 16.0 Å². The molecule has 0 radical (unpaired) electrons. The van der Waals surface area contributed by atoms with Crippen LogP contribution in [0.1, 0.15) is 65.8 Å². The Morgan fingerprint density at radius 1 is 1.03 bits per heavy atom. The molecule has 2 aliphatic carbocycles. The highest BCUT2D eigenvalue weighted by Crippen LogP contribution is 2.32. The van der Waals surface area contributed by atoms with Gasteiger partial charge in [0, 0.05) is 42.7 Å². The van der Waals surface area contributed by atoms with Crippen molar-refractivity contribution >= 4 is 46.1 Å². The van der Waals surface area contributed by atoms with E-state index in [9.17, 15) is 9.59 Å². The van der Waals surface area contributed by atoms with Crippen molar-refractivity contribution in [3.63, 3.8) is 0 Å². The summed E-state index contributed by atoms with van der Waals surface area (Å²) in [5.41, 5.74) is 2.94. The second kappa shape index (κ2) is 10.4. The molecule has 0 atom stereocenters. The molecule has 4 N–H and O–H groups in total. The highest BCUT2D eigenvalue weighted by Gasteiger charge is 2.27. The highest BCUT2D eigenvalue weighted by molar-refractivity contribution is 6.29. The third-order valence-electron chi connectivity index (χ3n) is 7.11. The number of amides is 1. The number of H-pyrrole nitrogens is 1. The van der Waals surface area contributed by atoms with Crippen LogP contribution in [0.2, 0.25) is 5.15 Å². The zero-order valence-corrected chi connectivity index (χ0v) is 21.4. The van der Waals surface area contributed by atoms with E-state index in [2.05, 4.69) is 36.1 Å². The molecule has 0 aromatic carbocycles. The van der Waals surface area contributed by atoms with Crippen LogP contribution in [0.15, 0.2) is 43.0 Å². The molecule has 11 nitrogen and oxygen atoms in total. The number of fused-ring (bicyclic) bond motifs is 1. The summed E-state index contributed by atoms with van der Waals surface area (Å²) < 4.78 is 1.58. The molecular weight excluding hydrogens is 506 g/mol. The first-order valence-corrected chi connectivity index (χ1v) is 13.3. The van der Waals surface area contributed by atoms with Crippen molar-refractivity contribution in [1.29, 1.82) is 0 Å². The number of hydrogen-bond acceptors (Lipinski definition) is 8. The molecule has 0 spiro atoms. The van der Waals surface area contributed by atoms with Gasteiger partial charge in [-0.2, -0.15) is 5.10 Å². The summed E-state index contributed by atoms with van der Waals surface area (Å²) in [5.74, 6) is 0.837. The van der Waals surface area contributed by atoms with Crippen LogP contribution in [-0.2, 0) is 0 Å². The molecule has 0 bridgehead atoms. The monoisotopic (exact) mass is 533 g/mol. The van der Waals surface area contributed by atoms with E-state index in [1.165, 1.54) is 12.4 Å². The summed E-state index contributed by atoms with van der Waals surface area (Å²) in [5, 5.41) is 21.5. The molecule has 0 saturated heterocycles. The number of carbonyl (C=O) groups excluding carboxylic acids is 2. The van der Waals surface area contributed by atoms with E-state index in [4.69, 9.17) is 16.7 Å². The van der Waals surface area contributed by atoms with E-state index >= 15 is 0 Å². The van der Waals surface area contributed by atoms with Gasteiger partial charge in [-0.1, -0.05) is 11.6 Å². The molecule has 12 heteroatoms. The van der Waals surface area contributed by atoms with Crippen molar-refractivity contribution in [2.45, 2.75) is 57.0 Å². The second-order valence-electron chi connectivity index (χ2n) is 10.0. The Hall–Kier alpha value is -3.99. The van der Waals surface area contributed by atoms with Crippen LogP contribution in [0.5, 0.6) is 0 Å². The fourth-order valence-corrected chi connectivity index (χ4v) is 5.10. The van der Waals surface area contributed by atoms with Gasteiger partial charge in [0.25, 0.3) is 5.91 Å². The maximum Gasteiger partial charge on any atom is 0.276 e. The van der Waals surface area contributed by atoms with E-state index in [0.717, 1.165) is 44.2 Å². The lowest BCUT2D eigenvalue weighted by atomic mass is 9.82. The lowest BCUT2D eigenvalue weighted by molar-refractivity contribution is 0.0948. The molecule has 2 aliphatic rings. The number of aromatic nitrogens is 6. The number of nitrogens with one attached hydrogen (secondary N) is 4. The predicted molar refractivity (Wildman–Crippen MR) is 144 cm³/mol. The number of pyridine rings is 1. The largest absolute Gasteiger partial charge is 0.379 e. The average molecular weight is 534 g/mol. The molecule has 38 heavy (non-hydrogen) atoms. The van der Waals surface area contributed by atoms with Crippen LogP contribution in [0, 0.1) is 5.92 Å². The van der Waals surface area contributed by atoms with Gasteiger partial charge in [-0.15, -0.1) is 5.10 Å². The SMILES string of the molecule is O=C(CC1CCC(Nc2cc(NC3CC3)c3ncc(C(=O)Nc4ccnc(Cl)c4)n3n2)CC1)c1cn[nH]c1. The Labute approximate surface area is 223 Å². The Kier molecular flexibility index (Phi) is 6.67. The number of hydrogen-bond donors (Lipinski definition) is 4. The fourth-order valence-electron chi connectivity index (χ4n) is 4.93. The minimum Gasteiger partial charge on any atom is -0.379 e. The van der Waals surface area contributed by atoms with Gasteiger partial charge >= 0.3 is 0 Å². The summed E-state index contributed by atoms with van der Waals surface area (Å²) in [7, 11) is 0. The second-order valence-corrected chi connectivity index (χ2v) is 10.4. The lowest BCUT2D eigenvalue weighted by Crippen LogP contribution is -2.28. The number of nitrogens with zero attached hydrogens (tertiary/aromatic N) is 5. The van der Waals surface area contributed by atoms with Gasteiger partial charge < -0.3 is 16.0 Å². The number of carbonyl (C=O) groups is 2. The zero-order chi connectivity index (χ0) is 26.1. The number of imidazole rings is 1. The molecule has 4 aromatic heterocycles. The van der Waals surface area contributed by atoms with Crippen LogP contribution in [0.25, 0.3) is 5.65 Å². The molecule has 1 amide bonds. The van der Waals surface area contributed by atoms with Crippen molar-refractivity contribution < 1.29 is 9.59 Å². The number of anilines is 3. The lowest BCUT2D eigenvalue weighted by Gasteiger charge is -2.29. The maximum absolute atomic E-state index is 13.1. The summed E-state index contributed by atoms with van der Waals surface area (Å²) >= 11 is 5.96. The predicted octanol–water partition coefficient (Wildman–Crippen LogP) is 4.57. The molecule has 4 aromatic rings. The first kappa shape index (κ1) is 24.4. The standard InChI is InChI=1S/C26H28ClN9O2/c27-23-10-19(7-8-28-23)34-26(38)21-14-29-25-20(32-17-5-6-17)11-24(35-36(21)25)33-18-3-1-15(2-4-18)9-22(37)16-12-30-31-13-16/h7-8,10-15,17-18,32H,1-6,9H2,(H,30,31)(H,33,35)(H,28,34,38). The maximum atomic E-state index is 13.1. The van der Waals surface area contributed by atoms with Crippen LogP contribution in [0.3, 0.4) is 0 Å². The van der Waals surface area contributed by atoms with Crippen molar-refractivity contribution in [1.82, 2.24) is 29.8 Å². The van der Waals surface area contributed by atoms with Gasteiger partial charge in [0.05, 0.1) is 23.6 Å². The molecule has 0 aliphatic heterocycles. The van der Waals surface area contributed by atoms with Crippen molar-refractivity contribution in [3.05, 3.63) is 59.4 Å². The topological polar surface area (TPSA) is 142 Å². The van der Waals surface area contributed by atoms with Gasteiger partial charge in [0.2, 0.25) is 0 Å². The number of rotatable bonds is 9. The third-order valence-corrected chi connectivity index (χ3v) is 7.32. The van der Waals surface area contributed by atoms with E-state index in [1.54, 1.807) is 29.0 Å². The average Bonchev–Trinajstić information content (AvgIpc) is 3.36. The normalized spacial score (nSPS) is 19.3. The summed E-state index contributed by atoms with van der Waals surface area (Å²) in [6.45, 7) is 0.